The number of aliphatic hydroxyl groups excluding tert-OH is 1. The van der Waals surface area contributed by atoms with Crippen LogP contribution in [0.2, 0.25) is 0 Å². The Morgan fingerprint density at radius 3 is 2.82 bits per heavy atom. The van der Waals surface area contributed by atoms with Crippen LogP contribution in [0.25, 0.3) is 0 Å². The molecule has 0 spiro atoms. The Kier molecular flexibility index (Phi) is 7.04. The lowest BCUT2D eigenvalue weighted by atomic mass is 10.2. The van der Waals surface area contributed by atoms with E-state index < -0.39 is 0 Å². The first-order valence-electron chi connectivity index (χ1n) is 6.18. The fraction of sp³-hybridized carbons (Fsp3) is 0.818. The number of nitrogens with one attached hydrogen (secondary N) is 1. The second-order valence-corrected chi connectivity index (χ2v) is 5.01. The second-order valence-electron chi connectivity index (χ2n) is 3.95. The lowest BCUT2D eigenvalue weighted by Gasteiger charge is -2.03. The minimum atomic E-state index is -0.116. The molecule has 0 radical (unpaired) electrons. The topological polar surface area (TPSA) is 70.9 Å². The van der Waals surface area contributed by atoms with Crippen molar-refractivity contribution in [2.75, 3.05) is 12.4 Å². The zero-order valence-corrected chi connectivity index (χ0v) is 11.1. The lowest BCUT2D eigenvalue weighted by Crippen LogP contribution is -2.17. The molecule has 1 rings (SSSR count). The van der Waals surface area contributed by atoms with Gasteiger partial charge in [0.25, 0.3) is 0 Å². The standard InChI is InChI=1S/C11H21N3O2S/c1-2-7-14-10(16)12-13-11(14)17-9-6-4-3-5-8-15/h15H,2-9H2,1H3,(H,12,16). The Bertz CT molecular complexity index is 362. The van der Waals surface area contributed by atoms with Crippen molar-refractivity contribution < 1.29 is 5.11 Å². The van der Waals surface area contributed by atoms with Gasteiger partial charge in [0.05, 0.1) is 0 Å². The molecule has 0 fully saturated rings. The number of aromatic nitrogens is 3. The van der Waals surface area contributed by atoms with Crippen molar-refractivity contribution in [2.24, 2.45) is 0 Å². The Labute approximate surface area is 106 Å². The first kappa shape index (κ1) is 14.3. The average molecular weight is 259 g/mol. The van der Waals surface area contributed by atoms with E-state index in [0.29, 0.717) is 0 Å². The molecule has 6 heteroatoms. The Morgan fingerprint density at radius 1 is 1.35 bits per heavy atom. The summed E-state index contributed by atoms with van der Waals surface area (Å²) in [6.45, 7) is 3.05. The number of aromatic amines is 1. The minimum Gasteiger partial charge on any atom is -0.396 e. The fourth-order valence-electron chi connectivity index (χ4n) is 1.57. The van der Waals surface area contributed by atoms with Crippen LogP contribution in [-0.4, -0.2) is 32.2 Å². The summed E-state index contributed by atoms with van der Waals surface area (Å²) in [5.41, 5.74) is -0.116. The predicted molar refractivity (Wildman–Crippen MR) is 69.4 cm³/mol. The molecule has 1 aromatic heterocycles. The van der Waals surface area contributed by atoms with Crippen LogP contribution in [0.4, 0.5) is 0 Å². The Balaban J connectivity index is 2.29. The summed E-state index contributed by atoms with van der Waals surface area (Å²) in [7, 11) is 0. The van der Waals surface area contributed by atoms with Gasteiger partial charge in [0.2, 0.25) is 0 Å². The van der Waals surface area contributed by atoms with E-state index in [4.69, 9.17) is 5.11 Å². The molecule has 0 amide bonds. The van der Waals surface area contributed by atoms with E-state index in [1.165, 1.54) is 0 Å². The quantitative estimate of drug-likeness (QED) is 0.522. The van der Waals surface area contributed by atoms with Gasteiger partial charge >= 0.3 is 5.69 Å². The van der Waals surface area contributed by atoms with E-state index >= 15 is 0 Å². The number of unbranched alkanes of at least 4 members (excludes halogenated alkanes) is 3. The number of hydrogen-bond acceptors (Lipinski definition) is 4. The summed E-state index contributed by atoms with van der Waals surface area (Å²) < 4.78 is 1.69. The molecule has 0 aromatic carbocycles. The van der Waals surface area contributed by atoms with Crippen LogP contribution in [0.1, 0.15) is 39.0 Å². The first-order chi connectivity index (χ1) is 8.29. The molecule has 0 aliphatic heterocycles. The third-order valence-electron chi connectivity index (χ3n) is 2.45. The van der Waals surface area contributed by atoms with Crippen molar-refractivity contribution in [1.29, 1.82) is 0 Å². The SMILES string of the molecule is CCCn1c(SCCCCCCO)n[nH]c1=O. The number of thioether (sulfide) groups is 1. The maximum absolute atomic E-state index is 11.4. The molecule has 17 heavy (non-hydrogen) atoms. The van der Waals surface area contributed by atoms with Crippen LogP contribution in [0, 0.1) is 0 Å². The number of aliphatic hydroxyl groups is 1. The van der Waals surface area contributed by atoms with Crippen LogP contribution in [0.5, 0.6) is 0 Å². The van der Waals surface area contributed by atoms with Gasteiger partial charge in [-0.3, -0.25) is 4.57 Å². The van der Waals surface area contributed by atoms with Gasteiger partial charge in [-0.15, -0.1) is 5.10 Å². The van der Waals surface area contributed by atoms with Crippen molar-refractivity contribution in [2.45, 2.75) is 50.7 Å². The number of hydrogen-bond donors (Lipinski definition) is 2. The highest BCUT2D eigenvalue weighted by atomic mass is 32.2. The van der Waals surface area contributed by atoms with Crippen LogP contribution in [-0.2, 0) is 6.54 Å². The molecule has 98 valence electrons. The fourth-order valence-corrected chi connectivity index (χ4v) is 2.54. The molecular weight excluding hydrogens is 238 g/mol. The second kappa shape index (κ2) is 8.36. The molecule has 0 bridgehead atoms. The normalized spacial score (nSPS) is 10.9. The van der Waals surface area contributed by atoms with E-state index in [-0.39, 0.29) is 12.3 Å². The van der Waals surface area contributed by atoms with Crippen molar-refractivity contribution in [1.82, 2.24) is 14.8 Å². The van der Waals surface area contributed by atoms with Crippen molar-refractivity contribution in [3.05, 3.63) is 10.5 Å². The molecule has 0 unspecified atom stereocenters. The summed E-state index contributed by atoms with van der Waals surface area (Å²) in [5.74, 6) is 0.972. The van der Waals surface area contributed by atoms with Crippen LogP contribution >= 0.6 is 11.8 Å². The van der Waals surface area contributed by atoms with E-state index in [1.54, 1.807) is 16.3 Å². The number of rotatable bonds is 9. The van der Waals surface area contributed by atoms with E-state index in [9.17, 15) is 4.79 Å². The third kappa shape index (κ3) is 4.95. The maximum atomic E-state index is 11.4. The minimum absolute atomic E-state index is 0.116. The van der Waals surface area contributed by atoms with Crippen molar-refractivity contribution >= 4 is 11.8 Å². The maximum Gasteiger partial charge on any atom is 0.343 e. The van der Waals surface area contributed by atoms with Gasteiger partial charge in [-0.25, -0.2) is 9.89 Å². The number of H-pyrrole nitrogens is 1. The highest BCUT2D eigenvalue weighted by Gasteiger charge is 2.07. The zero-order chi connectivity index (χ0) is 12.5. The molecule has 0 atom stereocenters. The van der Waals surface area contributed by atoms with Crippen LogP contribution in [0.15, 0.2) is 9.95 Å². The molecule has 0 aliphatic rings. The summed E-state index contributed by atoms with van der Waals surface area (Å²) in [4.78, 5) is 11.4. The van der Waals surface area contributed by atoms with Crippen molar-refractivity contribution in [3.8, 4) is 0 Å². The Morgan fingerprint density at radius 2 is 2.12 bits per heavy atom. The number of nitrogens with zero attached hydrogens (tertiary/aromatic N) is 2. The van der Waals surface area contributed by atoms with Gasteiger partial charge in [0.1, 0.15) is 0 Å². The van der Waals surface area contributed by atoms with Gasteiger partial charge in [-0.2, -0.15) is 0 Å². The summed E-state index contributed by atoms with van der Waals surface area (Å²) >= 11 is 1.62. The molecule has 0 saturated carbocycles. The molecule has 0 saturated heterocycles. The smallest absolute Gasteiger partial charge is 0.343 e. The predicted octanol–water partition coefficient (Wildman–Crippen LogP) is 1.63. The van der Waals surface area contributed by atoms with Gasteiger partial charge in [0.15, 0.2) is 5.16 Å². The molecule has 0 aliphatic carbocycles. The van der Waals surface area contributed by atoms with E-state index in [0.717, 1.165) is 49.6 Å². The van der Waals surface area contributed by atoms with Crippen molar-refractivity contribution in [3.63, 3.8) is 0 Å². The highest BCUT2D eigenvalue weighted by Crippen LogP contribution is 2.16. The third-order valence-corrected chi connectivity index (χ3v) is 3.52. The molecule has 1 heterocycles. The van der Waals surface area contributed by atoms with Crippen LogP contribution in [0.3, 0.4) is 0 Å². The lowest BCUT2D eigenvalue weighted by molar-refractivity contribution is 0.283. The van der Waals surface area contributed by atoms with Gasteiger partial charge in [0, 0.05) is 18.9 Å². The average Bonchev–Trinajstić information content (AvgIpc) is 2.66. The largest absolute Gasteiger partial charge is 0.396 e. The summed E-state index contributed by atoms with van der Waals surface area (Å²) in [6, 6.07) is 0. The van der Waals surface area contributed by atoms with Gasteiger partial charge in [-0.1, -0.05) is 31.5 Å². The summed E-state index contributed by atoms with van der Waals surface area (Å²) in [5, 5.41) is 15.9. The van der Waals surface area contributed by atoms with Gasteiger partial charge in [-0.05, 0) is 19.3 Å². The monoisotopic (exact) mass is 259 g/mol. The van der Waals surface area contributed by atoms with E-state index in [2.05, 4.69) is 10.2 Å². The molecule has 5 nitrogen and oxygen atoms in total. The first-order valence-corrected chi connectivity index (χ1v) is 7.17. The Hall–Kier alpha value is -0.750. The molecular formula is C11H21N3O2S. The van der Waals surface area contributed by atoms with E-state index in [1.807, 2.05) is 6.92 Å². The molecule has 2 N–H and O–H groups in total. The van der Waals surface area contributed by atoms with Gasteiger partial charge < -0.3 is 5.11 Å². The van der Waals surface area contributed by atoms with Crippen LogP contribution < -0.4 is 5.69 Å². The zero-order valence-electron chi connectivity index (χ0n) is 10.3. The molecule has 1 aromatic rings. The summed E-state index contributed by atoms with van der Waals surface area (Å²) in [6.07, 6.45) is 5.10. The highest BCUT2D eigenvalue weighted by molar-refractivity contribution is 7.99.